The predicted molar refractivity (Wildman–Crippen MR) is 149 cm³/mol. The highest BCUT2D eigenvalue weighted by molar-refractivity contribution is 5.86. The Balaban J connectivity index is 1.30. The van der Waals surface area contributed by atoms with Gasteiger partial charge in [0.1, 0.15) is 12.3 Å². The van der Waals surface area contributed by atoms with Crippen molar-refractivity contribution >= 4 is 11.9 Å². The molecular weight excluding hydrogens is 476 g/mol. The second-order valence-electron chi connectivity index (χ2n) is 11.7. The summed E-state index contributed by atoms with van der Waals surface area (Å²) >= 11 is 0. The van der Waals surface area contributed by atoms with Crippen LogP contribution >= 0.6 is 0 Å². The number of urea groups is 1. The van der Waals surface area contributed by atoms with Crippen LogP contribution in [-0.2, 0) is 16.9 Å². The first-order valence-corrected chi connectivity index (χ1v) is 14.0. The van der Waals surface area contributed by atoms with Gasteiger partial charge in [-0.1, -0.05) is 55.0 Å². The molecule has 2 aliphatic carbocycles. The van der Waals surface area contributed by atoms with Crippen molar-refractivity contribution in [3.05, 3.63) is 65.7 Å². The Kier molecular flexibility index (Phi) is 7.66. The van der Waals surface area contributed by atoms with Gasteiger partial charge in [0.05, 0.1) is 12.6 Å². The summed E-state index contributed by atoms with van der Waals surface area (Å²) in [5, 5.41) is 3.00. The van der Waals surface area contributed by atoms with Crippen molar-refractivity contribution in [2.45, 2.75) is 62.6 Å². The van der Waals surface area contributed by atoms with Gasteiger partial charge in [-0.15, -0.1) is 0 Å². The average molecular weight is 519 g/mol. The number of nitrogens with zero attached hydrogens (tertiary/aromatic N) is 3. The third-order valence-electron chi connectivity index (χ3n) is 9.40. The smallest absolute Gasteiger partial charge is 0.321 e. The number of carbonyl (C=O) groups excluding carboxylic acids is 2. The number of amides is 3. The summed E-state index contributed by atoms with van der Waals surface area (Å²) in [5.41, 5.74) is 2.04. The largest absolute Gasteiger partial charge is 0.496 e. The fourth-order valence-corrected chi connectivity index (χ4v) is 6.78. The van der Waals surface area contributed by atoms with E-state index in [0.29, 0.717) is 19.0 Å². The maximum atomic E-state index is 13.8. The van der Waals surface area contributed by atoms with Crippen LogP contribution in [0.1, 0.15) is 56.1 Å². The molecule has 0 atom stereocenters. The molecule has 5 rings (SSSR count). The Morgan fingerprint density at radius 3 is 2.34 bits per heavy atom. The number of carbonyl (C=O) groups is 2. The number of nitrogens with one attached hydrogen (secondary N) is 1. The zero-order valence-electron chi connectivity index (χ0n) is 23.1. The summed E-state index contributed by atoms with van der Waals surface area (Å²) in [5.74, 6) is 1.21. The minimum Gasteiger partial charge on any atom is -0.496 e. The molecule has 3 amide bonds. The second kappa shape index (κ2) is 11.0. The summed E-state index contributed by atoms with van der Waals surface area (Å²) in [7, 11) is 5.98. The van der Waals surface area contributed by atoms with E-state index in [0.717, 1.165) is 43.5 Å². The molecule has 2 aromatic rings. The van der Waals surface area contributed by atoms with Gasteiger partial charge < -0.3 is 19.9 Å². The molecule has 1 spiro atoms. The summed E-state index contributed by atoms with van der Waals surface area (Å²) in [6, 6.07) is 18.5. The molecule has 0 bridgehead atoms. The number of ether oxygens (including phenoxy) is 1. The van der Waals surface area contributed by atoms with Crippen LogP contribution in [0.15, 0.2) is 54.6 Å². The van der Waals surface area contributed by atoms with Gasteiger partial charge in [0.15, 0.2) is 0 Å². The normalized spacial score (nSPS) is 25.6. The van der Waals surface area contributed by atoms with Crippen LogP contribution in [0.25, 0.3) is 0 Å². The van der Waals surface area contributed by atoms with Gasteiger partial charge in [-0.05, 0) is 70.2 Å². The highest BCUT2D eigenvalue weighted by Crippen LogP contribution is 2.49. The molecule has 0 aromatic heterocycles. The van der Waals surface area contributed by atoms with Gasteiger partial charge >= 0.3 is 6.03 Å². The first kappa shape index (κ1) is 26.5. The van der Waals surface area contributed by atoms with E-state index in [1.54, 1.807) is 12.0 Å². The fraction of sp³-hybridized carbons (Fsp3) is 0.548. The topological polar surface area (TPSA) is 65.1 Å². The first-order valence-electron chi connectivity index (χ1n) is 14.0. The Morgan fingerprint density at radius 1 is 1.03 bits per heavy atom. The van der Waals surface area contributed by atoms with Crippen molar-refractivity contribution < 1.29 is 14.3 Å². The number of hydrogen-bond acceptors (Lipinski definition) is 4. The molecule has 1 aliphatic heterocycles. The van der Waals surface area contributed by atoms with E-state index in [4.69, 9.17) is 4.74 Å². The fourth-order valence-electron chi connectivity index (χ4n) is 6.78. The summed E-state index contributed by atoms with van der Waals surface area (Å²) in [4.78, 5) is 33.1. The summed E-state index contributed by atoms with van der Waals surface area (Å²) in [6.45, 7) is 1.91. The van der Waals surface area contributed by atoms with Crippen molar-refractivity contribution in [1.82, 2.24) is 20.0 Å². The highest BCUT2D eigenvalue weighted by atomic mass is 16.5. The Labute approximate surface area is 227 Å². The molecule has 1 saturated heterocycles. The Hall–Kier alpha value is -3.06. The maximum Gasteiger partial charge on any atom is 0.321 e. The van der Waals surface area contributed by atoms with Gasteiger partial charge in [-0.3, -0.25) is 9.69 Å². The van der Waals surface area contributed by atoms with E-state index in [-0.39, 0.29) is 29.6 Å². The van der Waals surface area contributed by atoms with E-state index in [1.165, 1.54) is 24.8 Å². The van der Waals surface area contributed by atoms with Gasteiger partial charge in [0, 0.05) is 30.7 Å². The molecule has 0 unspecified atom stereocenters. The number of methoxy groups -OCH3 is 1. The lowest BCUT2D eigenvalue weighted by molar-refractivity contribution is -0.121. The van der Waals surface area contributed by atoms with E-state index in [9.17, 15) is 9.59 Å². The predicted octanol–water partition coefficient (Wildman–Crippen LogP) is 4.62. The zero-order valence-corrected chi connectivity index (χ0v) is 23.1. The molecule has 0 radical (unpaired) electrons. The number of hydrogen-bond donors (Lipinski definition) is 1. The van der Waals surface area contributed by atoms with E-state index in [1.807, 2.05) is 24.3 Å². The lowest BCUT2D eigenvalue weighted by Gasteiger charge is -2.51. The van der Waals surface area contributed by atoms with Crippen LogP contribution < -0.4 is 10.1 Å². The SMILES string of the molecule is COc1ccccc1CNC(=O)CN1CC2(CCC(c3ccccc3)(N(C)C)CC2)N(CC2CCC2)C1=O. The monoisotopic (exact) mass is 518 g/mol. The maximum absolute atomic E-state index is 13.8. The van der Waals surface area contributed by atoms with Crippen molar-refractivity contribution in [3.63, 3.8) is 0 Å². The van der Waals surface area contributed by atoms with Crippen LogP contribution in [0.4, 0.5) is 4.79 Å². The molecule has 7 nitrogen and oxygen atoms in total. The molecule has 3 fully saturated rings. The standard InChI is InChI=1S/C31H42N4O3/c1-33(2)31(26-13-5-4-6-14-26)18-16-30(17-19-31)23-34(29(37)35(30)21-24-10-9-11-24)22-28(36)32-20-25-12-7-8-15-27(25)38-3/h4-8,12-15,24H,9-11,16-23H2,1-3H3,(H,32,36). The third kappa shape index (κ3) is 5.00. The van der Waals surface area contributed by atoms with Crippen LogP contribution in [0.2, 0.25) is 0 Å². The lowest BCUT2D eigenvalue weighted by Crippen LogP contribution is -2.56. The minimum absolute atomic E-state index is 0.0291. The molecule has 2 aromatic carbocycles. The van der Waals surface area contributed by atoms with E-state index < -0.39 is 0 Å². The van der Waals surface area contributed by atoms with Gasteiger partial charge in [0.2, 0.25) is 5.91 Å². The van der Waals surface area contributed by atoms with Crippen molar-refractivity contribution in [3.8, 4) is 5.75 Å². The summed E-state index contributed by atoms with van der Waals surface area (Å²) < 4.78 is 5.41. The molecule has 7 heteroatoms. The molecular formula is C31H42N4O3. The van der Waals surface area contributed by atoms with Crippen molar-refractivity contribution in [2.24, 2.45) is 5.92 Å². The number of rotatable bonds is 9. The summed E-state index contributed by atoms with van der Waals surface area (Å²) in [6.07, 6.45) is 7.52. The van der Waals surface area contributed by atoms with Crippen LogP contribution in [0.3, 0.4) is 0 Å². The Bertz CT molecular complexity index is 1120. The Morgan fingerprint density at radius 2 is 1.71 bits per heavy atom. The second-order valence-corrected chi connectivity index (χ2v) is 11.7. The quantitative estimate of drug-likeness (QED) is 0.526. The third-order valence-corrected chi connectivity index (χ3v) is 9.40. The van der Waals surface area contributed by atoms with Gasteiger partial charge in [-0.2, -0.15) is 0 Å². The molecule has 1 heterocycles. The molecule has 2 saturated carbocycles. The molecule has 38 heavy (non-hydrogen) atoms. The first-order chi connectivity index (χ1) is 18.4. The minimum atomic E-state index is -0.204. The average Bonchev–Trinajstić information content (AvgIpc) is 3.15. The van der Waals surface area contributed by atoms with Gasteiger partial charge in [0.25, 0.3) is 0 Å². The highest BCUT2D eigenvalue weighted by Gasteiger charge is 2.55. The zero-order chi connectivity index (χ0) is 26.8. The van der Waals surface area contributed by atoms with E-state index >= 15 is 0 Å². The van der Waals surface area contributed by atoms with Crippen molar-refractivity contribution in [2.75, 3.05) is 40.8 Å². The molecule has 1 N–H and O–H groups in total. The van der Waals surface area contributed by atoms with Crippen molar-refractivity contribution in [1.29, 1.82) is 0 Å². The molecule has 204 valence electrons. The lowest BCUT2D eigenvalue weighted by atomic mass is 9.68. The molecule has 3 aliphatic rings. The van der Waals surface area contributed by atoms with Gasteiger partial charge in [-0.25, -0.2) is 4.79 Å². The van der Waals surface area contributed by atoms with Crippen LogP contribution in [0.5, 0.6) is 5.75 Å². The van der Waals surface area contributed by atoms with Crippen LogP contribution in [0, 0.1) is 5.92 Å². The van der Waals surface area contributed by atoms with E-state index in [2.05, 4.69) is 59.5 Å². The number of benzene rings is 2. The number of para-hydroxylation sites is 1. The van der Waals surface area contributed by atoms with Crippen LogP contribution in [-0.4, -0.2) is 73.0 Å².